The lowest BCUT2D eigenvalue weighted by Gasteiger charge is -2.16. The number of nitrogens with one attached hydrogen (secondary N) is 1. The first-order chi connectivity index (χ1) is 9.49. The fourth-order valence-corrected chi connectivity index (χ4v) is 2.65. The van der Waals surface area contributed by atoms with Crippen LogP contribution in [0.25, 0.3) is 0 Å². The first-order valence-corrected chi connectivity index (χ1v) is 7.19. The molecule has 2 aromatic carbocycles. The van der Waals surface area contributed by atoms with E-state index in [0.29, 0.717) is 11.4 Å². The fraction of sp³-hybridized carbons (Fsp3) is 0.188. The molecular formula is C16H17BrN2O. The third-order valence-corrected chi connectivity index (χ3v) is 3.73. The summed E-state index contributed by atoms with van der Waals surface area (Å²) in [6, 6.07) is 13.4. The molecule has 2 aromatic rings. The Morgan fingerprint density at radius 1 is 1.25 bits per heavy atom. The summed E-state index contributed by atoms with van der Waals surface area (Å²) in [6.45, 7) is 3.80. The Kier molecular flexibility index (Phi) is 4.45. The van der Waals surface area contributed by atoms with Crippen LogP contribution in [0.3, 0.4) is 0 Å². The molecule has 0 aliphatic rings. The Balaban J connectivity index is 2.20. The van der Waals surface area contributed by atoms with Crippen LogP contribution in [0.15, 0.2) is 46.9 Å². The highest BCUT2D eigenvalue weighted by Gasteiger charge is 2.17. The molecular weight excluding hydrogens is 316 g/mol. The minimum absolute atomic E-state index is 0.0617. The van der Waals surface area contributed by atoms with E-state index in [4.69, 9.17) is 5.73 Å². The lowest BCUT2D eigenvalue weighted by Crippen LogP contribution is -2.20. The Bertz CT molecular complexity index is 603. The van der Waals surface area contributed by atoms with E-state index < -0.39 is 0 Å². The molecule has 3 N–H and O–H groups in total. The summed E-state index contributed by atoms with van der Waals surface area (Å²) in [5.41, 5.74) is 9.13. The van der Waals surface area contributed by atoms with Crippen LogP contribution in [0, 0.1) is 6.92 Å². The van der Waals surface area contributed by atoms with Crippen LogP contribution >= 0.6 is 15.9 Å². The number of carbonyl (C=O) groups is 1. The first-order valence-electron chi connectivity index (χ1n) is 6.40. The normalized spacial score (nSPS) is 11.9. The Labute approximate surface area is 127 Å². The number of amides is 1. The lowest BCUT2D eigenvalue weighted by atomic mass is 10.00. The third kappa shape index (κ3) is 3.20. The van der Waals surface area contributed by atoms with Gasteiger partial charge in [-0.05, 0) is 37.1 Å². The van der Waals surface area contributed by atoms with Crippen molar-refractivity contribution in [1.29, 1.82) is 0 Å². The van der Waals surface area contributed by atoms with Crippen molar-refractivity contribution >= 4 is 33.2 Å². The van der Waals surface area contributed by atoms with Crippen molar-refractivity contribution in [2.75, 3.05) is 11.1 Å². The van der Waals surface area contributed by atoms with Gasteiger partial charge in [0, 0.05) is 4.47 Å². The van der Waals surface area contributed by atoms with Crippen molar-refractivity contribution in [1.82, 2.24) is 0 Å². The molecule has 1 amide bonds. The zero-order chi connectivity index (χ0) is 14.7. The van der Waals surface area contributed by atoms with Crippen LogP contribution in [0.4, 0.5) is 11.4 Å². The molecule has 0 aliphatic heterocycles. The van der Waals surface area contributed by atoms with E-state index in [2.05, 4.69) is 21.2 Å². The van der Waals surface area contributed by atoms with E-state index >= 15 is 0 Å². The molecule has 0 aliphatic carbocycles. The predicted molar refractivity (Wildman–Crippen MR) is 86.8 cm³/mol. The van der Waals surface area contributed by atoms with Gasteiger partial charge < -0.3 is 11.1 Å². The van der Waals surface area contributed by atoms with E-state index in [1.165, 1.54) is 0 Å². The number of aryl methyl sites for hydroxylation is 1. The number of halogens is 1. The number of anilines is 2. The smallest absolute Gasteiger partial charge is 0.231 e. The minimum atomic E-state index is -0.223. The van der Waals surface area contributed by atoms with Crippen molar-refractivity contribution in [2.45, 2.75) is 19.8 Å². The van der Waals surface area contributed by atoms with Crippen molar-refractivity contribution in [3.63, 3.8) is 0 Å². The molecule has 0 aromatic heterocycles. The van der Waals surface area contributed by atoms with Gasteiger partial charge in [0.15, 0.2) is 0 Å². The highest BCUT2D eigenvalue weighted by atomic mass is 79.9. The summed E-state index contributed by atoms with van der Waals surface area (Å²) in [4.78, 5) is 12.3. The number of nitrogens with two attached hydrogens (primary N) is 1. The number of rotatable bonds is 3. The molecule has 0 saturated heterocycles. The summed E-state index contributed by atoms with van der Waals surface area (Å²) < 4.78 is 0.904. The zero-order valence-electron chi connectivity index (χ0n) is 11.5. The second-order valence-electron chi connectivity index (χ2n) is 4.81. The molecule has 0 heterocycles. The van der Waals surface area contributed by atoms with Gasteiger partial charge >= 0.3 is 0 Å². The van der Waals surface area contributed by atoms with E-state index in [-0.39, 0.29) is 11.8 Å². The molecule has 1 atom stereocenters. The van der Waals surface area contributed by atoms with Crippen LogP contribution in [0.5, 0.6) is 0 Å². The van der Waals surface area contributed by atoms with Crippen LogP contribution in [-0.2, 0) is 4.79 Å². The highest BCUT2D eigenvalue weighted by Crippen LogP contribution is 2.29. The van der Waals surface area contributed by atoms with Crippen molar-refractivity contribution < 1.29 is 4.79 Å². The monoisotopic (exact) mass is 332 g/mol. The summed E-state index contributed by atoms with van der Waals surface area (Å²) in [5, 5.41) is 2.92. The number of nitrogen functional groups attached to an aromatic ring is 1. The van der Waals surface area contributed by atoms with Gasteiger partial charge in [0.1, 0.15) is 0 Å². The Morgan fingerprint density at radius 2 is 1.90 bits per heavy atom. The molecule has 2 rings (SSSR count). The van der Waals surface area contributed by atoms with E-state index in [1.807, 2.05) is 50.2 Å². The van der Waals surface area contributed by atoms with Gasteiger partial charge in [-0.15, -0.1) is 0 Å². The highest BCUT2D eigenvalue weighted by molar-refractivity contribution is 9.10. The summed E-state index contributed by atoms with van der Waals surface area (Å²) in [7, 11) is 0. The average molecular weight is 333 g/mol. The Morgan fingerprint density at radius 3 is 2.50 bits per heavy atom. The molecule has 0 bridgehead atoms. The summed E-state index contributed by atoms with van der Waals surface area (Å²) in [6.07, 6.45) is 0. The van der Waals surface area contributed by atoms with Gasteiger partial charge in [0.25, 0.3) is 0 Å². The minimum Gasteiger partial charge on any atom is -0.397 e. The quantitative estimate of drug-likeness (QED) is 0.832. The van der Waals surface area contributed by atoms with Gasteiger partial charge in [-0.2, -0.15) is 0 Å². The van der Waals surface area contributed by atoms with E-state index in [0.717, 1.165) is 15.6 Å². The van der Waals surface area contributed by atoms with Gasteiger partial charge in [0.05, 0.1) is 17.3 Å². The molecule has 1 unspecified atom stereocenters. The number of benzene rings is 2. The maximum Gasteiger partial charge on any atom is 0.231 e. The number of carbonyl (C=O) groups excluding carboxylic acids is 1. The predicted octanol–water partition coefficient (Wildman–Crippen LogP) is 4.08. The second kappa shape index (κ2) is 6.09. The van der Waals surface area contributed by atoms with Crippen LogP contribution in [0.2, 0.25) is 0 Å². The molecule has 3 nitrogen and oxygen atoms in total. The van der Waals surface area contributed by atoms with E-state index in [1.54, 1.807) is 6.07 Å². The Hall–Kier alpha value is -1.81. The van der Waals surface area contributed by atoms with Crippen LogP contribution < -0.4 is 11.1 Å². The molecule has 0 radical (unpaired) electrons. The van der Waals surface area contributed by atoms with E-state index in [9.17, 15) is 4.79 Å². The van der Waals surface area contributed by atoms with Crippen LogP contribution in [-0.4, -0.2) is 5.91 Å². The lowest BCUT2D eigenvalue weighted by molar-refractivity contribution is -0.117. The third-order valence-electron chi connectivity index (χ3n) is 3.27. The number of hydrogen-bond acceptors (Lipinski definition) is 2. The summed E-state index contributed by atoms with van der Waals surface area (Å²) >= 11 is 3.39. The fourth-order valence-electron chi connectivity index (χ4n) is 2.06. The van der Waals surface area contributed by atoms with Crippen molar-refractivity contribution in [3.05, 3.63) is 58.1 Å². The molecule has 20 heavy (non-hydrogen) atoms. The SMILES string of the molecule is Cc1cc(Br)cc(N)c1NC(=O)C(C)c1ccccc1. The largest absolute Gasteiger partial charge is 0.397 e. The van der Waals surface area contributed by atoms with Gasteiger partial charge in [-0.1, -0.05) is 46.3 Å². The molecule has 0 spiro atoms. The number of hydrogen-bond donors (Lipinski definition) is 2. The average Bonchev–Trinajstić information content (AvgIpc) is 2.42. The standard InChI is InChI=1S/C16H17BrN2O/c1-10-8-13(17)9-14(18)15(10)19-16(20)11(2)12-6-4-3-5-7-12/h3-9,11H,18H2,1-2H3,(H,19,20). The topological polar surface area (TPSA) is 55.1 Å². The first kappa shape index (κ1) is 14.6. The zero-order valence-corrected chi connectivity index (χ0v) is 13.1. The second-order valence-corrected chi connectivity index (χ2v) is 5.72. The molecule has 104 valence electrons. The maximum atomic E-state index is 12.3. The molecule has 0 saturated carbocycles. The summed E-state index contributed by atoms with van der Waals surface area (Å²) in [5.74, 6) is -0.285. The maximum absolute atomic E-state index is 12.3. The van der Waals surface area contributed by atoms with Gasteiger partial charge in [0.2, 0.25) is 5.91 Å². The molecule has 4 heteroatoms. The van der Waals surface area contributed by atoms with Gasteiger partial charge in [-0.3, -0.25) is 4.79 Å². The van der Waals surface area contributed by atoms with Gasteiger partial charge in [-0.25, -0.2) is 0 Å². The van der Waals surface area contributed by atoms with Crippen molar-refractivity contribution in [2.24, 2.45) is 0 Å². The molecule has 0 fully saturated rings. The van der Waals surface area contributed by atoms with Crippen molar-refractivity contribution in [3.8, 4) is 0 Å². The van der Waals surface area contributed by atoms with Crippen LogP contribution in [0.1, 0.15) is 24.0 Å².